The fraction of sp³-hybridized carbons (Fsp3) is 0.316. The van der Waals surface area contributed by atoms with Gasteiger partial charge >= 0.3 is 6.09 Å². The third kappa shape index (κ3) is 3.82. The number of hydrogen-bond donors (Lipinski definition) is 2. The third-order valence-corrected chi connectivity index (χ3v) is 4.03. The molecule has 0 aromatic heterocycles. The maximum absolute atomic E-state index is 12.1. The Bertz CT molecular complexity index is 743. The van der Waals surface area contributed by atoms with E-state index in [4.69, 9.17) is 16.3 Å². The number of benzene rings is 2. The zero-order chi connectivity index (χ0) is 17.3. The Labute approximate surface area is 147 Å². The van der Waals surface area contributed by atoms with Crippen LogP contribution < -0.4 is 10.6 Å². The number of halogens is 1. The molecule has 0 saturated heterocycles. The van der Waals surface area contributed by atoms with E-state index in [9.17, 15) is 4.79 Å². The quantitative estimate of drug-likeness (QED) is 0.767. The first kappa shape index (κ1) is 16.7. The van der Waals surface area contributed by atoms with Crippen LogP contribution in [0, 0.1) is 0 Å². The van der Waals surface area contributed by atoms with E-state index < -0.39 is 11.7 Å². The number of para-hydroxylation sites is 1. The SMILES string of the molecule is CC(C)(C)OC(=O)Nc1ccc(Cl)cc1C1Cc2ccccc2N1. The molecule has 0 bridgehead atoms. The first-order valence-electron chi connectivity index (χ1n) is 7.96. The van der Waals surface area contributed by atoms with Crippen molar-refractivity contribution in [3.63, 3.8) is 0 Å². The lowest BCUT2D eigenvalue weighted by Crippen LogP contribution is -2.27. The van der Waals surface area contributed by atoms with Gasteiger partial charge in [0.15, 0.2) is 0 Å². The Kier molecular flexibility index (Phi) is 4.41. The normalized spacial score (nSPS) is 16.2. The molecule has 1 aliphatic heterocycles. The summed E-state index contributed by atoms with van der Waals surface area (Å²) < 4.78 is 5.35. The van der Waals surface area contributed by atoms with Crippen molar-refractivity contribution in [2.24, 2.45) is 0 Å². The Morgan fingerprint density at radius 3 is 2.71 bits per heavy atom. The molecule has 126 valence electrons. The molecule has 0 radical (unpaired) electrons. The van der Waals surface area contributed by atoms with Crippen molar-refractivity contribution in [1.82, 2.24) is 0 Å². The second kappa shape index (κ2) is 6.36. The van der Waals surface area contributed by atoms with Crippen LogP contribution in [0.2, 0.25) is 5.02 Å². The zero-order valence-corrected chi connectivity index (χ0v) is 14.8. The fourth-order valence-electron chi connectivity index (χ4n) is 2.83. The predicted octanol–water partition coefficient (Wildman–Crippen LogP) is 5.40. The van der Waals surface area contributed by atoms with E-state index in [-0.39, 0.29) is 6.04 Å². The van der Waals surface area contributed by atoms with Crippen LogP contribution in [0.3, 0.4) is 0 Å². The van der Waals surface area contributed by atoms with E-state index in [1.54, 1.807) is 6.07 Å². The summed E-state index contributed by atoms with van der Waals surface area (Å²) >= 11 is 6.18. The van der Waals surface area contributed by atoms with E-state index in [0.29, 0.717) is 10.7 Å². The van der Waals surface area contributed by atoms with E-state index in [1.165, 1.54) is 5.56 Å². The van der Waals surface area contributed by atoms with Crippen LogP contribution in [-0.2, 0) is 11.2 Å². The van der Waals surface area contributed by atoms with Crippen LogP contribution in [-0.4, -0.2) is 11.7 Å². The molecule has 0 saturated carbocycles. The van der Waals surface area contributed by atoms with E-state index in [2.05, 4.69) is 22.8 Å². The highest BCUT2D eigenvalue weighted by Gasteiger charge is 2.25. The van der Waals surface area contributed by atoms with E-state index in [0.717, 1.165) is 17.7 Å². The molecule has 1 heterocycles. The molecule has 1 aliphatic rings. The molecule has 0 spiro atoms. The number of nitrogens with one attached hydrogen (secondary N) is 2. The van der Waals surface area contributed by atoms with Crippen molar-refractivity contribution in [3.8, 4) is 0 Å². The molecule has 2 N–H and O–H groups in total. The average Bonchev–Trinajstić information content (AvgIpc) is 2.91. The van der Waals surface area contributed by atoms with Gasteiger partial charge in [0.05, 0.1) is 6.04 Å². The first-order valence-corrected chi connectivity index (χ1v) is 8.33. The number of anilines is 2. The van der Waals surface area contributed by atoms with Crippen molar-refractivity contribution >= 4 is 29.1 Å². The summed E-state index contributed by atoms with van der Waals surface area (Å²) in [5.41, 5.74) is 3.48. The molecule has 2 aromatic carbocycles. The minimum absolute atomic E-state index is 0.0611. The van der Waals surface area contributed by atoms with Crippen LogP contribution in [0.4, 0.5) is 16.2 Å². The zero-order valence-electron chi connectivity index (χ0n) is 14.0. The summed E-state index contributed by atoms with van der Waals surface area (Å²) in [6.07, 6.45) is 0.376. The van der Waals surface area contributed by atoms with Crippen LogP contribution in [0.5, 0.6) is 0 Å². The third-order valence-electron chi connectivity index (χ3n) is 3.80. The van der Waals surface area contributed by atoms with Gasteiger partial charge in [0.25, 0.3) is 0 Å². The van der Waals surface area contributed by atoms with Gasteiger partial charge in [-0.05, 0) is 62.6 Å². The topological polar surface area (TPSA) is 50.4 Å². The summed E-state index contributed by atoms with van der Waals surface area (Å²) in [7, 11) is 0. The van der Waals surface area contributed by atoms with Gasteiger partial charge in [-0.15, -0.1) is 0 Å². The highest BCUT2D eigenvalue weighted by atomic mass is 35.5. The molecule has 0 fully saturated rings. The summed E-state index contributed by atoms with van der Waals surface area (Å²) in [6.45, 7) is 5.51. The standard InChI is InChI=1S/C19H21ClN2O2/c1-19(2,3)24-18(23)22-16-9-8-13(20)11-14(16)17-10-12-6-4-5-7-15(12)21-17/h4-9,11,17,21H,10H2,1-3H3,(H,22,23). The van der Waals surface area contributed by atoms with Gasteiger partial charge in [0, 0.05) is 16.4 Å². The number of carbonyl (C=O) groups is 1. The van der Waals surface area contributed by atoms with Gasteiger partial charge in [-0.25, -0.2) is 4.79 Å². The Hall–Kier alpha value is -2.20. The second-order valence-corrected chi connectivity index (χ2v) is 7.35. The van der Waals surface area contributed by atoms with Crippen LogP contribution in [0.25, 0.3) is 0 Å². The molecule has 4 nitrogen and oxygen atoms in total. The minimum atomic E-state index is -0.543. The number of fused-ring (bicyclic) bond motifs is 1. The number of amides is 1. The monoisotopic (exact) mass is 344 g/mol. The molecule has 1 unspecified atom stereocenters. The summed E-state index contributed by atoms with van der Waals surface area (Å²) in [4.78, 5) is 12.1. The lowest BCUT2D eigenvalue weighted by molar-refractivity contribution is 0.0636. The molecule has 5 heteroatoms. The van der Waals surface area contributed by atoms with Crippen molar-refractivity contribution < 1.29 is 9.53 Å². The lowest BCUT2D eigenvalue weighted by Gasteiger charge is -2.22. The minimum Gasteiger partial charge on any atom is -0.444 e. The van der Waals surface area contributed by atoms with Crippen molar-refractivity contribution in [2.75, 3.05) is 10.6 Å². The molecular weight excluding hydrogens is 324 g/mol. The molecular formula is C19H21ClN2O2. The highest BCUT2D eigenvalue weighted by Crippen LogP contribution is 2.38. The smallest absolute Gasteiger partial charge is 0.412 e. The molecule has 1 atom stereocenters. The predicted molar refractivity (Wildman–Crippen MR) is 97.8 cm³/mol. The first-order chi connectivity index (χ1) is 11.3. The summed E-state index contributed by atoms with van der Waals surface area (Å²) in [5.74, 6) is 0. The summed E-state index contributed by atoms with van der Waals surface area (Å²) in [5, 5.41) is 6.96. The molecule has 24 heavy (non-hydrogen) atoms. The fourth-order valence-corrected chi connectivity index (χ4v) is 3.02. The van der Waals surface area contributed by atoms with Gasteiger partial charge in [-0.1, -0.05) is 29.8 Å². The summed E-state index contributed by atoms with van der Waals surface area (Å²) in [6, 6.07) is 13.7. The van der Waals surface area contributed by atoms with Gasteiger partial charge in [0.2, 0.25) is 0 Å². The number of carbonyl (C=O) groups excluding carboxylic acids is 1. The number of hydrogen-bond acceptors (Lipinski definition) is 3. The number of ether oxygens (including phenoxy) is 1. The maximum Gasteiger partial charge on any atom is 0.412 e. The highest BCUT2D eigenvalue weighted by molar-refractivity contribution is 6.30. The van der Waals surface area contributed by atoms with Crippen molar-refractivity contribution in [2.45, 2.75) is 38.8 Å². The van der Waals surface area contributed by atoms with Crippen LogP contribution >= 0.6 is 11.6 Å². The lowest BCUT2D eigenvalue weighted by atomic mass is 10.0. The average molecular weight is 345 g/mol. The van der Waals surface area contributed by atoms with Gasteiger partial charge in [-0.3, -0.25) is 5.32 Å². The van der Waals surface area contributed by atoms with Crippen molar-refractivity contribution in [1.29, 1.82) is 0 Å². The maximum atomic E-state index is 12.1. The Morgan fingerprint density at radius 2 is 2.00 bits per heavy atom. The Balaban J connectivity index is 1.84. The molecule has 0 aliphatic carbocycles. The van der Waals surface area contributed by atoms with Gasteiger partial charge < -0.3 is 10.1 Å². The van der Waals surface area contributed by atoms with Crippen LogP contribution in [0.15, 0.2) is 42.5 Å². The number of rotatable bonds is 2. The van der Waals surface area contributed by atoms with E-state index >= 15 is 0 Å². The molecule has 3 rings (SSSR count). The van der Waals surface area contributed by atoms with Crippen LogP contribution in [0.1, 0.15) is 37.9 Å². The van der Waals surface area contributed by atoms with Gasteiger partial charge in [-0.2, -0.15) is 0 Å². The van der Waals surface area contributed by atoms with Crippen molar-refractivity contribution in [3.05, 3.63) is 58.6 Å². The van der Waals surface area contributed by atoms with E-state index in [1.807, 2.05) is 45.0 Å². The molecule has 2 aromatic rings. The second-order valence-electron chi connectivity index (χ2n) is 6.92. The Morgan fingerprint density at radius 1 is 1.25 bits per heavy atom. The van der Waals surface area contributed by atoms with Gasteiger partial charge in [0.1, 0.15) is 5.60 Å². The largest absolute Gasteiger partial charge is 0.444 e. The molecule has 1 amide bonds.